The van der Waals surface area contributed by atoms with Crippen LogP contribution >= 0.6 is 0 Å². The van der Waals surface area contributed by atoms with Crippen molar-refractivity contribution >= 4 is 36.2 Å². The molecule has 15 heavy (non-hydrogen) atoms. The molecule has 2 heterocycles. The third-order valence-corrected chi connectivity index (χ3v) is 1.60. The summed E-state index contributed by atoms with van der Waals surface area (Å²) in [5, 5.41) is 35.7. The van der Waals surface area contributed by atoms with E-state index in [-0.39, 0.29) is 0 Å². The van der Waals surface area contributed by atoms with Crippen LogP contribution in [-0.4, -0.2) is 56.3 Å². The molecule has 0 amide bonds. The molecule has 0 aromatic carbocycles. The van der Waals surface area contributed by atoms with Crippen molar-refractivity contribution in [1.82, 2.24) is 0 Å². The first-order chi connectivity index (χ1) is 6.99. The summed E-state index contributed by atoms with van der Waals surface area (Å²) in [6, 6.07) is 0. The molecule has 10 nitrogen and oxygen atoms in total. The van der Waals surface area contributed by atoms with Crippen LogP contribution in [0.15, 0.2) is 0 Å². The van der Waals surface area contributed by atoms with Gasteiger partial charge in [0, 0.05) is 0 Å². The lowest BCUT2D eigenvalue weighted by Crippen LogP contribution is -2.69. The van der Waals surface area contributed by atoms with Crippen molar-refractivity contribution in [2.24, 2.45) is 0 Å². The predicted octanol–water partition coefficient (Wildman–Crippen LogP) is -4.54. The minimum Gasteiger partial charge on any atom is -0.727 e. The molecule has 0 aromatic rings. The second-order valence-corrected chi connectivity index (χ2v) is 2.62. The molecule has 0 bridgehead atoms. The fourth-order valence-electron chi connectivity index (χ4n) is 1.09. The van der Waals surface area contributed by atoms with Gasteiger partial charge < -0.3 is 47.5 Å². The minimum absolute atomic E-state index is 1.90. The summed E-state index contributed by atoms with van der Waals surface area (Å²) < 4.78 is 26.4. The highest BCUT2D eigenvalue weighted by Crippen LogP contribution is 2.23. The van der Waals surface area contributed by atoms with Gasteiger partial charge in [-0.3, -0.25) is 0 Å². The van der Waals surface area contributed by atoms with Crippen LogP contribution in [0.5, 0.6) is 0 Å². The molecule has 1 spiro atoms. The van der Waals surface area contributed by atoms with Crippen LogP contribution in [-0.2, 0) is 27.4 Å². The van der Waals surface area contributed by atoms with Crippen LogP contribution in [0.4, 0.5) is 0 Å². The van der Waals surface area contributed by atoms with Crippen LogP contribution < -0.4 is 0 Å². The third kappa shape index (κ3) is 2.54. The van der Waals surface area contributed by atoms with E-state index in [0.717, 1.165) is 0 Å². The van der Waals surface area contributed by atoms with E-state index in [2.05, 4.69) is 27.4 Å². The van der Waals surface area contributed by atoms with E-state index in [9.17, 15) is 0 Å². The zero-order chi connectivity index (χ0) is 11.1. The first-order valence-corrected chi connectivity index (χ1v) is 3.86. The Morgan fingerprint density at radius 2 is 1.47 bits per heavy atom. The van der Waals surface area contributed by atoms with E-state index in [1.807, 2.05) is 0 Å². The Morgan fingerprint density at radius 3 is 2.00 bits per heavy atom. The highest BCUT2D eigenvalue weighted by atomic mass is 17.0. The van der Waals surface area contributed by atoms with Gasteiger partial charge in [-0.1, -0.05) is 0 Å². The Kier molecular flexibility index (Phi) is 3.09. The summed E-state index contributed by atoms with van der Waals surface area (Å²) >= 11 is 0. The second kappa shape index (κ2) is 4.06. The van der Waals surface area contributed by atoms with Crippen LogP contribution in [0.2, 0.25) is 0 Å². The monoisotopic (exact) mass is 219 g/mol. The fourth-order valence-corrected chi connectivity index (χ4v) is 1.09. The molecule has 0 aliphatic carbocycles. The quantitative estimate of drug-likeness (QED) is 0.294. The molecule has 1 radical (unpaired) electrons. The van der Waals surface area contributed by atoms with E-state index >= 15 is 0 Å². The Morgan fingerprint density at radius 1 is 0.933 bits per heavy atom. The molecule has 15 heteroatoms. The minimum atomic E-state index is -3.21. The first-order valence-electron chi connectivity index (χ1n) is 3.86. The van der Waals surface area contributed by atoms with E-state index in [1.54, 1.807) is 0 Å². The van der Waals surface area contributed by atoms with Gasteiger partial charge in [-0.15, -0.1) is 0 Å². The van der Waals surface area contributed by atoms with Crippen molar-refractivity contribution in [3.8, 4) is 0 Å². The topological polar surface area (TPSA) is 136 Å². The zero-order valence-corrected chi connectivity index (χ0v) is 7.13. The molecule has 81 valence electrons. The normalized spacial score (nSPS) is 27.6. The van der Waals surface area contributed by atoms with Gasteiger partial charge in [-0.2, -0.15) is 0 Å². The van der Waals surface area contributed by atoms with Gasteiger partial charge >= 0.3 is 28.9 Å². The van der Waals surface area contributed by atoms with Crippen molar-refractivity contribution in [2.45, 2.75) is 0 Å². The number of hydrogen-bond acceptors (Lipinski definition) is 10. The molecular weight excluding hydrogens is 214 g/mol. The van der Waals surface area contributed by atoms with Gasteiger partial charge in [0.2, 0.25) is 7.32 Å². The summed E-state index contributed by atoms with van der Waals surface area (Å²) in [5.41, 5.74) is 0. The second-order valence-electron chi connectivity index (χ2n) is 2.62. The average Bonchev–Trinajstić information content (AvgIpc) is 1.96. The van der Waals surface area contributed by atoms with Gasteiger partial charge in [-0.25, -0.2) is 0 Å². The predicted molar refractivity (Wildman–Crippen MR) is 44.2 cm³/mol. The van der Waals surface area contributed by atoms with Gasteiger partial charge in [0.15, 0.2) is 0 Å². The van der Waals surface area contributed by atoms with Gasteiger partial charge in [0.25, 0.3) is 0 Å². The van der Waals surface area contributed by atoms with Gasteiger partial charge in [0.05, 0.1) is 0 Å². The standard InChI is InChI=1S/B5H4O10/c6-1-10-2(7)13-5(12-1)14-3(8)11-4(9)15-5/h6-9H/q-2. The summed E-state index contributed by atoms with van der Waals surface area (Å²) in [6.07, 6.45) is 0. The highest BCUT2D eigenvalue weighted by Gasteiger charge is 2.48. The van der Waals surface area contributed by atoms with Crippen molar-refractivity contribution in [3.05, 3.63) is 0 Å². The molecule has 0 saturated carbocycles. The summed E-state index contributed by atoms with van der Waals surface area (Å²) in [7, 11) is -7.59. The highest BCUT2D eigenvalue weighted by molar-refractivity contribution is 6.81. The van der Waals surface area contributed by atoms with E-state index < -0.39 is 36.2 Å². The summed E-state index contributed by atoms with van der Waals surface area (Å²) in [6.45, 7) is -3.21. The maximum absolute atomic E-state index is 8.94. The van der Waals surface area contributed by atoms with E-state index in [1.165, 1.54) is 0 Å². The molecular formula is H4B5O10-2. The summed E-state index contributed by atoms with van der Waals surface area (Å²) in [4.78, 5) is 0. The van der Waals surface area contributed by atoms with Crippen molar-refractivity contribution < 1.29 is 47.5 Å². The lowest BCUT2D eigenvalue weighted by molar-refractivity contribution is 0.0156. The fraction of sp³-hybridized carbons (Fsp3) is 0. The van der Waals surface area contributed by atoms with Crippen LogP contribution in [0, 0.1) is 0 Å². The Bertz CT molecular complexity index is 184. The van der Waals surface area contributed by atoms with E-state index in [0.29, 0.717) is 0 Å². The van der Waals surface area contributed by atoms with Crippen molar-refractivity contribution in [1.29, 1.82) is 0 Å². The molecule has 2 aliphatic heterocycles. The lowest BCUT2D eigenvalue weighted by atomic mass is 9.84. The zero-order valence-electron chi connectivity index (χ0n) is 7.13. The third-order valence-electron chi connectivity index (χ3n) is 1.60. The van der Waals surface area contributed by atoms with Gasteiger partial charge in [-0.05, 0) is 0 Å². The molecule has 2 rings (SSSR count). The molecule has 2 aliphatic rings. The Hall–Kier alpha value is -0.0753. The molecule has 4 N–H and O–H groups in total. The van der Waals surface area contributed by atoms with E-state index in [4.69, 9.17) is 20.1 Å². The smallest absolute Gasteiger partial charge is 0.582 e. The number of hydrogen-bond donors (Lipinski definition) is 4. The SMILES string of the molecule is OB1OB(O)O[B-]2(O1)OB(O)O[B-](O)O2. The molecule has 0 unspecified atom stereocenters. The first kappa shape index (κ1) is 11.4. The molecule has 2 fully saturated rings. The summed E-state index contributed by atoms with van der Waals surface area (Å²) in [5.74, 6) is 0. The lowest BCUT2D eigenvalue weighted by Gasteiger charge is -2.56. The van der Waals surface area contributed by atoms with Gasteiger partial charge in [0.1, 0.15) is 0 Å². The van der Waals surface area contributed by atoms with Crippen LogP contribution in [0.3, 0.4) is 0 Å². The Labute approximate surface area is 84.7 Å². The van der Waals surface area contributed by atoms with Crippen LogP contribution in [0.1, 0.15) is 0 Å². The molecule has 2 saturated heterocycles. The largest absolute Gasteiger partial charge is 0.727 e. The molecule has 0 aromatic heterocycles. The van der Waals surface area contributed by atoms with Crippen LogP contribution in [0.25, 0.3) is 0 Å². The number of rotatable bonds is 0. The maximum Gasteiger partial charge on any atom is 0.582 e. The maximum atomic E-state index is 8.94. The Balaban J connectivity index is 2.10. The van der Waals surface area contributed by atoms with Crippen molar-refractivity contribution in [2.75, 3.05) is 0 Å². The molecule has 0 atom stereocenters. The van der Waals surface area contributed by atoms with Crippen molar-refractivity contribution in [3.63, 3.8) is 0 Å². The average molecular weight is 218 g/mol.